The largest absolute Gasteiger partial charge is 0.397 e. The van der Waals surface area contributed by atoms with Crippen molar-refractivity contribution in [3.05, 3.63) is 17.5 Å². The van der Waals surface area contributed by atoms with Gasteiger partial charge in [0, 0.05) is 25.6 Å². The number of hydrogen-bond donors (Lipinski definition) is 0. The van der Waals surface area contributed by atoms with Gasteiger partial charge in [-0.15, -0.1) is 0 Å². The van der Waals surface area contributed by atoms with Gasteiger partial charge in [-0.25, -0.2) is 0 Å². The number of aromatic nitrogens is 2. The Balaban J connectivity index is 2.03. The summed E-state index contributed by atoms with van der Waals surface area (Å²) in [5, 5.41) is 4.32. The van der Waals surface area contributed by atoms with Crippen molar-refractivity contribution in [2.45, 2.75) is 77.9 Å². The second kappa shape index (κ2) is 6.68. The monoisotopic (exact) mass is 365 g/mol. The normalized spacial score (nSPS) is 19.8. The Morgan fingerprint density at radius 2 is 2.04 bits per heavy atom. The molecule has 1 amide bonds. The molecule has 1 aromatic rings. The molecule has 1 saturated heterocycles. The summed E-state index contributed by atoms with van der Waals surface area (Å²) in [6.45, 7) is 14.7. The smallest absolute Gasteiger partial charge is 0.226 e. The van der Waals surface area contributed by atoms with Crippen LogP contribution in [0.1, 0.15) is 56.7 Å². The van der Waals surface area contributed by atoms with Gasteiger partial charge in [0.25, 0.3) is 0 Å². The molecule has 0 radical (unpaired) electrons. The number of ketones is 1. The summed E-state index contributed by atoms with van der Waals surface area (Å²) in [4.78, 5) is 26.3. The van der Waals surface area contributed by atoms with Gasteiger partial charge in [-0.1, -0.05) is 20.8 Å². The van der Waals surface area contributed by atoms with E-state index in [4.69, 9.17) is 4.43 Å². The van der Waals surface area contributed by atoms with Gasteiger partial charge in [-0.05, 0) is 38.0 Å². The molecule has 0 spiro atoms. The lowest BCUT2D eigenvalue weighted by Gasteiger charge is -2.48. The molecule has 1 unspecified atom stereocenters. The van der Waals surface area contributed by atoms with E-state index >= 15 is 0 Å². The first-order valence-corrected chi connectivity index (χ1v) is 11.8. The minimum atomic E-state index is -1.97. The maximum atomic E-state index is 12.5. The van der Waals surface area contributed by atoms with Crippen LogP contribution in [0, 0.1) is 6.92 Å². The summed E-state index contributed by atoms with van der Waals surface area (Å²) in [7, 11) is -0.155. The molecule has 140 valence electrons. The molecule has 0 bridgehead atoms. The summed E-state index contributed by atoms with van der Waals surface area (Å²) < 4.78 is 8.02. The average molecular weight is 366 g/mol. The summed E-state index contributed by atoms with van der Waals surface area (Å²) >= 11 is 0. The van der Waals surface area contributed by atoms with Crippen molar-refractivity contribution in [3.8, 4) is 0 Å². The van der Waals surface area contributed by atoms with E-state index < -0.39 is 8.32 Å². The SMILES string of the molecule is Cc1cc(C(=O)CC2CC(=O)N2[C@H](C)O[Si](C)(C)C(C)(C)C)nn1C. The van der Waals surface area contributed by atoms with Gasteiger partial charge in [-0.2, -0.15) is 5.10 Å². The number of carbonyl (C=O) groups excluding carboxylic acids is 2. The van der Waals surface area contributed by atoms with Crippen molar-refractivity contribution >= 4 is 20.0 Å². The van der Waals surface area contributed by atoms with Crippen LogP contribution >= 0.6 is 0 Å². The Hall–Kier alpha value is -1.47. The molecule has 0 aliphatic carbocycles. The van der Waals surface area contributed by atoms with Crippen LogP contribution in [-0.4, -0.2) is 47.0 Å². The van der Waals surface area contributed by atoms with Gasteiger partial charge in [0.1, 0.15) is 11.9 Å². The zero-order chi connectivity index (χ0) is 19.2. The van der Waals surface area contributed by atoms with Crippen LogP contribution in [0.3, 0.4) is 0 Å². The number of aryl methyl sites for hydroxylation is 2. The summed E-state index contributed by atoms with van der Waals surface area (Å²) in [6.07, 6.45) is 0.404. The zero-order valence-corrected chi connectivity index (χ0v) is 17.7. The molecule has 7 heteroatoms. The number of likely N-dealkylation sites (tertiary alicyclic amines) is 1. The predicted molar refractivity (Wildman–Crippen MR) is 99.9 cm³/mol. The molecule has 1 aromatic heterocycles. The Bertz CT molecular complexity index is 656. The maximum absolute atomic E-state index is 12.5. The number of amides is 1. The molecule has 0 N–H and O–H groups in total. The van der Waals surface area contributed by atoms with Crippen LogP contribution in [0.4, 0.5) is 0 Å². The fourth-order valence-corrected chi connectivity index (χ4v) is 4.16. The van der Waals surface area contributed by atoms with Crippen molar-refractivity contribution < 1.29 is 14.0 Å². The number of rotatable bonds is 6. The van der Waals surface area contributed by atoms with Crippen LogP contribution in [0.25, 0.3) is 0 Å². The first-order chi connectivity index (χ1) is 11.3. The average Bonchev–Trinajstić information content (AvgIpc) is 2.75. The van der Waals surface area contributed by atoms with Gasteiger partial charge in [0.05, 0.1) is 6.04 Å². The van der Waals surface area contributed by atoms with E-state index in [1.807, 2.05) is 20.9 Å². The van der Waals surface area contributed by atoms with E-state index in [-0.39, 0.29) is 29.0 Å². The van der Waals surface area contributed by atoms with Crippen LogP contribution in [0.2, 0.25) is 18.1 Å². The minimum absolute atomic E-state index is 0.0225. The number of hydrogen-bond acceptors (Lipinski definition) is 4. The number of Topliss-reactive ketones (excluding diaryl/α,β-unsaturated/α-hetero) is 1. The standard InChI is InChI=1S/C18H31N3O3Si/c1-12-9-15(19-20(12)6)16(22)10-14-11-17(23)21(14)13(2)24-25(7,8)18(3,4)5/h9,13-14H,10-11H2,1-8H3/t13-,14?/m0/s1. The predicted octanol–water partition coefficient (Wildman–Crippen LogP) is 3.27. The fourth-order valence-electron chi connectivity index (χ4n) is 2.84. The second-order valence-corrected chi connectivity index (χ2v) is 13.3. The Kier molecular flexibility index (Phi) is 5.30. The highest BCUT2D eigenvalue weighted by atomic mass is 28.4. The molecule has 6 nitrogen and oxygen atoms in total. The molecule has 1 fully saturated rings. The Morgan fingerprint density at radius 3 is 2.48 bits per heavy atom. The topological polar surface area (TPSA) is 64.4 Å². The summed E-state index contributed by atoms with van der Waals surface area (Å²) in [5.74, 6) is 0.0342. The fraction of sp³-hybridized carbons (Fsp3) is 0.722. The molecule has 1 aliphatic heterocycles. The van der Waals surface area contributed by atoms with Crippen LogP contribution in [-0.2, 0) is 16.3 Å². The Morgan fingerprint density at radius 1 is 1.44 bits per heavy atom. The number of carbonyl (C=O) groups is 2. The third kappa shape index (κ3) is 4.03. The first-order valence-electron chi connectivity index (χ1n) is 8.86. The highest BCUT2D eigenvalue weighted by Crippen LogP contribution is 2.39. The molecule has 25 heavy (non-hydrogen) atoms. The van der Waals surface area contributed by atoms with Gasteiger partial charge in [0.15, 0.2) is 14.1 Å². The molecular formula is C18H31N3O3Si. The molecule has 2 rings (SSSR count). The van der Waals surface area contributed by atoms with E-state index in [1.165, 1.54) is 0 Å². The maximum Gasteiger partial charge on any atom is 0.226 e. The van der Waals surface area contributed by atoms with Gasteiger partial charge < -0.3 is 9.33 Å². The van der Waals surface area contributed by atoms with E-state index in [0.29, 0.717) is 18.5 Å². The first kappa shape index (κ1) is 19.8. The summed E-state index contributed by atoms with van der Waals surface area (Å²) in [6, 6.07) is 1.70. The highest BCUT2D eigenvalue weighted by molar-refractivity contribution is 6.74. The van der Waals surface area contributed by atoms with Crippen molar-refractivity contribution in [3.63, 3.8) is 0 Å². The van der Waals surface area contributed by atoms with Crippen LogP contribution in [0.15, 0.2) is 6.07 Å². The van der Waals surface area contributed by atoms with Crippen molar-refractivity contribution in [2.24, 2.45) is 7.05 Å². The molecule has 2 atom stereocenters. The summed E-state index contributed by atoms with van der Waals surface area (Å²) in [5.41, 5.74) is 1.41. The molecule has 0 saturated carbocycles. The van der Waals surface area contributed by atoms with Gasteiger partial charge in [0.2, 0.25) is 5.91 Å². The van der Waals surface area contributed by atoms with Crippen LogP contribution < -0.4 is 0 Å². The van der Waals surface area contributed by atoms with Crippen LogP contribution in [0.5, 0.6) is 0 Å². The number of β-lactam (4-membered cyclic amide) rings is 1. The minimum Gasteiger partial charge on any atom is -0.397 e. The third-order valence-electron chi connectivity index (χ3n) is 5.58. The quantitative estimate of drug-likeness (QED) is 0.441. The van der Waals surface area contributed by atoms with Crippen molar-refractivity contribution in [1.29, 1.82) is 0 Å². The number of nitrogens with zero attached hydrogens (tertiary/aromatic N) is 3. The third-order valence-corrected chi connectivity index (χ3v) is 10.1. The second-order valence-electron chi connectivity index (χ2n) is 8.56. The lowest BCUT2D eigenvalue weighted by molar-refractivity contribution is -0.159. The molecule has 1 aliphatic rings. The zero-order valence-electron chi connectivity index (χ0n) is 16.7. The molecule has 0 aromatic carbocycles. The Labute approximate surface area is 151 Å². The van der Waals surface area contributed by atoms with E-state index in [0.717, 1.165) is 5.69 Å². The highest BCUT2D eigenvalue weighted by Gasteiger charge is 2.45. The van der Waals surface area contributed by atoms with Gasteiger partial charge >= 0.3 is 0 Å². The lowest BCUT2D eigenvalue weighted by Crippen LogP contribution is -2.60. The lowest BCUT2D eigenvalue weighted by atomic mass is 9.95. The van der Waals surface area contributed by atoms with E-state index in [9.17, 15) is 9.59 Å². The van der Waals surface area contributed by atoms with Crippen molar-refractivity contribution in [1.82, 2.24) is 14.7 Å². The van der Waals surface area contributed by atoms with Gasteiger partial charge in [-0.3, -0.25) is 14.3 Å². The molecule has 2 heterocycles. The molecular weight excluding hydrogens is 334 g/mol. The van der Waals surface area contributed by atoms with Crippen molar-refractivity contribution in [2.75, 3.05) is 0 Å². The van der Waals surface area contributed by atoms with E-state index in [1.54, 1.807) is 15.6 Å². The van der Waals surface area contributed by atoms with E-state index in [2.05, 4.69) is 39.0 Å².